The van der Waals surface area contributed by atoms with Gasteiger partial charge in [0, 0.05) is 37.1 Å². The third-order valence-electron chi connectivity index (χ3n) is 6.85. The molecule has 0 bridgehead atoms. The normalized spacial score (nSPS) is 12.3. The van der Waals surface area contributed by atoms with Gasteiger partial charge in [0.25, 0.3) is 5.91 Å². The molecular formula is C30H30F9N3O2. The molecule has 5 nitrogen and oxygen atoms in total. The Balaban J connectivity index is 1.84. The monoisotopic (exact) mass is 635 g/mol. The summed E-state index contributed by atoms with van der Waals surface area (Å²) < 4.78 is 121. The summed E-state index contributed by atoms with van der Waals surface area (Å²) in [7, 11) is 0. The molecule has 0 saturated heterocycles. The van der Waals surface area contributed by atoms with Crippen molar-refractivity contribution in [3.8, 4) is 0 Å². The summed E-state index contributed by atoms with van der Waals surface area (Å²) in [4.78, 5) is 28.8. The number of aromatic nitrogens is 1. The molecule has 0 aliphatic rings. The fraction of sp³-hybridized carbons (Fsp3) is 0.400. The molecule has 14 heteroatoms. The van der Waals surface area contributed by atoms with Crippen molar-refractivity contribution in [3.05, 3.63) is 94.3 Å². The van der Waals surface area contributed by atoms with Gasteiger partial charge in [0.15, 0.2) is 0 Å². The molecule has 0 atom stereocenters. The maximum absolute atomic E-state index is 13.4. The van der Waals surface area contributed by atoms with Crippen LogP contribution in [0.4, 0.5) is 39.5 Å². The second kappa shape index (κ2) is 13.8. The lowest BCUT2D eigenvalue weighted by Crippen LogP contribution is -2.43. The van der Waals surface area contributed by atoms with Crippen molar-refractivity contribution in [1.29, 1.82) is 0 Å². The number of hydrogen-bond acceptors (Lipinski definition) is 2. The molecule has 0 aliphatic carbocycles. The molecule has 2 aromatic carbocycles. The highest BCUT2D eigenvalue weighted by Gasteiger charge is 2.38. The van der Waals surface area contributed by atoms with Crippen molar-refractivity contribution < 1.29 is 49.1 Å². The highest BCUT2D eigenvalue weighted by atomic mass is 19.4. The van der Waals surface area contributed by atoms with Gasteiger partial charge in [-0.2, -0.15) is 39.5 Å². The van der Waals surface area contributed by atoms with Gasteiger partial charge in [0.1, 0.15) is 6.54 Å². The Morgan fingerprint density at radius 2 is 1.36 bits per heavy atom. The third-order valence-corrected chi connectivity index (χ3v) is 6.85. The minimum Gasteiger partial charge on any atom is -0.345 e. The molecular weight excluding hydrogens is 605 g/mol. The smallest absolute Gasteiger partial charge is 0.345 e. The van der Waals surface area contributed by atoms with Gasteiger partial charge in [0.2, 0.25) is 5.91 Å². The lowest BCUT2D eigenvalue weighted by atomic mass is 10.0. The Bertz CT molecular complexity index is 1410. The van der Waals surface area contributed by atoms with Crippen LogP contribution in [0.15, 0.2) is 60.8 Å². The Hall–Kier alpha value is -3.97. The van der Waals surface area contributed by atoms with E-state index in [1.54, 1.807) is 22.9 Å². The summed E-state index contributed by atoms with van der Waals surface area (Å²) in [6.45, 7) is 2.78. The van der Waals surface area contributed by atoms with E-state index in [0.29, 0.717) is 36.2 Å². The number of alkyl halides is 9. The predicted molar refractivity (Wildman–Crippen MR) is 143 cm³/mol. The number of likely N-dealkylation sites (N-methyl/N-ethyl adjacent to an activating group) is 1. The van der Waals surface area contributed by atoms with Gasteiger partial charge in [-0.15, -0.1) is 0 Å². The average molecular weight is 636 g/mol. The van der Waals surface area contributed by atoms with E-state index in [9.17, 15) is 49.1 Å². The fourth-order valence-electron chi connectivity index (χ4n) is 4.48. The molecule has 0 spiro atoms. The third kappa shape index (κ3) is 9.02. The van der Waals surface area contributed by atoms with Gasteiger partial charge >= 0.3 is 18.5 Å². The summed E-state index contributed by atoms with van der Waals surface area (Å²) in [5.74, 6) is -1.79. The van der Waals surface area contributed by atoms with Gasteiger partial charge in [-0.1, -0.05) is 25.5 Å². The molecule has 1 aromatic heterocycles. The minimum atomic E-state index is -5.15. The molecule has 0 unspecified atom stereocenters. The first-order valence-electron chi connectivity index (χ1n) is 13.6. The van der Waals surface area contributed by atoms with E-state index >= 15 is 0 Å². The lowest BCUT2D eigenvalue weighted by Gasteiger charge is -2.28. The molecule has 240 valence electrons. The maximum Gasteiger partial charge on any atom is 0.416 e. The highest BCUT2D eigenvalue weighted by molar-refractivity contribution is 5.97. The molecule has 0 radical (unpaired) electrons. The van der Waals surface area contributed by atoms with Gasteiger partial charge in [-0.3, -0.25) is 9.59 Å². The number of nitrogens with zero attached hydrogens (tertiary/aromatic N) is 3. The molecule has 0 saturated carbocycles. The van der Waals surface area contributed by atoms with E-state index in [1.807, 2.05) is 6.92 Å². The van der Waals surface area contributed by atoms with Gasteiger partial charge in [-0.25, -0.2) is 0 Å². The molecule has 3 rings (SSSR count). The zero-order valence-corrected chi connectivity index (χ0v) is 23.8. The van der Waals surface area contributed by atoms with Crippen LogP contribution in [0.3, 0.4) is 0 Å². The van der Waals surface area contributed by atoms with Crippen molar-refractivity contribution in [2.75, 3.05) is 19.6 Å². The van der Waals surface area contributed by atoms with Crippen molar-refractivity contribution >= 4 is 11.8 Å². The molecule has 0 aliphatic heterocycles. The molecule has 0 N–H and O–H groups in total. The van der Waals surface area contributed by atoms with Crippen LogP contribution in [-0.2, 0) is 36.4 Å². The first-order chi connectivity index (χ1) is 20.4. The quantitative estimate of drug-likeness (QED) is 0.201. The summed E-state index contributed by atoms with van der Waals surface area (Å²) in [5, 5.41) is 0. The fourth-order valence-corrected chi connectivity index (χ4v) is 4.48. The Morgan fingerprint density at radius 3 is 1.91 bits per heavy atom. The second-order valence-electron chi connectivity index (χ2n) is 10.1. The van der Waals surface area contributed by atoms with Crippen LogP contribution >= 0.6 is 0 Å². The largest absolute Gasteiger partial charge is 0.416 e. The summed E-state index contributed by atoms with van der Waals surface area (Å²) in [6, 6.07) is 8.67. The first kappa shape index (κ1) is 34.5. The molecule has 2 amide bonds. The zero-order chi connectivity index (χ0) is 32.9. The van der Waals surface area contributed by atoms with E-state index in [2.05, 4.69) is 0 Å². The minimum absolute atomic E-state index is 0.00167. The standard InChI is InChI=1S/C30H30F9N3O2/c1-3-5-11-42(18-25-10-7-12-41(25)17-20-8-6-9-22(13-20)28(31,32)33)26(43)19-40(4-2)27(44)21-14-23(29(34,35)36)16-24(15-21)30(37,38)39/h6-10,12-16H,3-5,11,17-19H2,1-2H3. The maximum atomic E-state index is 13.4. The number of amides is 2. The number of carbonyl (C=O) groups excluding carboxylic acids is 2. The Morgan fingerprint density at radius 1 is 0.750 bits per heavy atom. The molecule has 0 fully saturated rings. The number of hydrogen-bond donors (Lipinski definition) is 0. The number of unbranched alkanes of at least 4 members (excludes halogenated alkanes) is 1. The van der Waals surface area contributed by atoms with Crippen molar-refractivity contribution in [3.63, 3.8) is 0 Å². The van der Waals surface area contributed by atoms with E-state index in [1.165, 1.54) is 24.0 Å². The summed E-state index contributed by atoms with van der Waals surface area (Å²) >= 11 is 0. The molecule has 1 heterocycles. The van der Waals surface area contributed by atoms with Crippen molar-refractivity contribution in [2.45, 2.75) is 58.3 Å². The van der Waals surface area contributed by atoms with Crippen LogP contribution in [0.2, 0.25) is 0 Å². The van der Waals surface area contributed by atoms with E-state index < -0.39 is 59.1 Å². The number of halogens is 9. The number of carbonyl (C=O) groups is 2. The van der Waals surface area contributed by atoms with E-state index in [0.717, 1.165) is 17.0 Å². The van der Waals surface area contributed by atoms with Crippen LogP contribution in [0.1, 0.15) is 65.0 Å². The van der Waals surface area contributed by atoms with Crippen LogP contribution in [0, 0.1) is 0 Å². The van der Waals surface area contributed by atoms with E-state index in [4.69, 9.17) is 0 Å². The first-order valence-corrected chi connectivity index (χ1v) is 13.6. The second-order valence-corrected chi connectivity index (χ2v) is 10.1. The Labute approximate surface area is 247 Å². The number of benzene rings is 2. The van der Waals surface area contributed by atoms with Crippen LogP contribution in [-0.4, -0.2) is 45.8 Å². The number of rotatable bonds is 11. The lowest BCUT2D eigenvalue weighted by molar-refractivity contribution is -0.143. The van der Waals surface area contributed by atoms with Gasteiger partial charge in [-0.05, 0) is 61.4 Å². The van der Waals surface area contributed by atoms with E-state index in [-0.39, 0.29) is 32.2 Å². The summed E-state index contributed by atoms with van der Waals surface area (Å²) in [5.41, 5.74) is -4.04. The molecule has 3 aromatic rings. The SMILES string of the molecule is CCCCN(Cc1cccn1Cc1cccc(C(F)(F)F)c1)C(=O)CN(CC)C(=O)c1cc(C(F)(F)F)cc(C(F)(F)F)c1. The zero-order valence-electron chi connectivity index (χ0n) is 23.8. The summed E-state index contributed by atoms with van der Waals surface area (Å²) in [6.07, 6.45) is -12.0. The van der Waals surface area contributed by atoms with Crippen LogP contribution in [0.25, 0.3) is 0 Å². The molecule has 44 heavy (non-hydrogen) atoms. The van der Waals surface area contributed by atoms with Gasteiger partial charge in [0.05, 0.1) is 23.2 Å². The van der Waals surface area contributed by atoms with Crippen molar-refractivity contribution in [1.82, 2.24) is 14.4 Å². The Kier molecular flexibility index (Phi) is 10.8. The van der Waals surface area contributed by atoms with Gasteiger partial charge < -0.3 is 14.4 Å². The topological polar surface area (TPSA) is 45.6 Å². The van der Waals surface area contributed by atoms with Crippen LogP contribution in [0.5, 0.6) is 0 Å². The predicted octanol–water partition coefficient (Wildman–Crippen LogP) is 7.88. The van der Waals surface area contributed by atoms with Crippen molar-refractivity contribution in [2.24, 2.45) is 0 Å². The highest BCUT2D eigenvalue weighted by Crippen LogP contribution is 2.36. The average Bonchev–Trinajstić information content (AvgIpc) is 3.38. The van der Waals surface area contributed by atoms with Crippen LogP contribution < -0.4 is 0 Å².